The number of hydrogen-bond donors (Lipinski definition) is 1. The Balaban J connectivity index is 3.10. The van der Waals surface area contributed by atoms with Crippen LogP contribution in [0.15, 0.2) is 22.7 Å². The maximum Gasteiger partial charge on any atom is 0.229 e. The first kappa shape index (κ1) is 10.5. The number of benzene rings is 1. The van der Waals surface area contributed by atoms with Crippen molar-refractivity contribution in [3.05, 3.63) is 28.5 Å². The van der Waals surface area contributed by atoms with E-state index in [-0.39, 0.29) is 10.2 Å². The predicted molar refractivity (Wildman–Crippen MR) is 52.6 cm³/mol. The van der Waals surface area contributed by atoms with Gasteiger partial charge in [-0.2, -0.15) is 0 Å². The van der Waals surface area contributed by atoms with Gasteiger partial charge >= 0.3 is 0 Å². The van der Waals surface area contributed by atoms with Gasteiger partial charge in [0.05, 0.1) is 16.4 Å². The number of sulfonamides is 1. The van der Waals surface area contributed by atoms with Crippen LogP contribution in [0.2, 0.25) is 0 Å². The van der Waals surface area contributed by atoms with E-state index in [0.717, 1.165) is 6.26 Å². The van der Waals surface area contributed by atoms with Crippen LogP contribution in [-0.2, 0) is 10.0 Å². The molecule has 0 aliphatic carbocycles. The van der Waals surface area contributed by atoms with Crippen molar-refractivity contribution < 1.29 is 12.8 Å². The lowest BCUT2D eigenvalue weighted by molar-refractivity contribution is 0.603. The van der Waals surface area contributed by atoms with Gasteiger partial charge in [-0.05, 0) is 28.1 Å². The number of rotatable bonds is 2. The van der Waals surface area contributed by atoms with Crippen molar-refractivity contribution >= 4 is 31.6 Å². The van der Waals surface area contributed by atoms with Gasteiger partial charge in [-0.25, -0.2) is 12.8 Å². The molecule has 0 aliphatic heterocycles. The third-order valence-corrected chi connectivity index (χ3v) is 2.45. The standard InChI is InChI=1S/C7H7BrFNO2S/c1-13(11,12)10-6-4-2-3-5(8)7(6)9/h2-4,10H,1H3. The first-order valence-corrected chi connectivity index (χ1v) is 6.00. The molecule has 6 heteroatoms. The van der Waals surface area contributed by atoms with Crippen molar-refractivity contribution in [3.8, 4) is 0 Å². The molecule has 72 valence electrons. The van der Waals surface area contributed by atoms with Crippen LogP contribution >= 0.6 is 15.9 Å². The van der Waals surface area contributed by atoms with E-state index in [9.17, 15) is 12.8 Å². The van der Waals surface area contributed by atoms with Gasteiger partial charge in [0.15, 0.2) is 5.82 Å². The molecular formula is C7H7BrFNO2S. The molecule has 0 heterocycles. The molecule has 0 atom stereocenters. The highest BCUT2D eigenvalue weighted by atomic mass is 79.9. The summed E-state index contributed by atoms with van der Waals surface area (Å²) in [4.78, 5) is 0. The lowest BCUT2D eigenvalue weighted by atomic mass is 10.3. The van der Waals surface area contributed by atoms with Crippen LogP contribution in [0.4, 0.5) is 10.1 Å². The Morgan fingerprint density at radius 2 is 2.08 bits per heavy atom. The molecule has 0 fully saturated rings. The molecule has 1 aromatic carbocycles. The van der Waals surface area contributed by atoms with Crippen molar-refractivity contribution in [3.63, 3.8) is 0 Å². The predicted octanol–water partition coefficient (Wildman–Crippen LogP) is 1.96. The molecule has 1 aromatic rings. The highest BCUT2D eigenvalue weighted by molar-refractivity contribution is 9.10. The molecular weight excluding hydrogens is 261 g/mol. The molecule has 0 spiro atoms. The van der Waals surface area contributed by atoms with Crippen LogP contribution in [-0.4, -0.2) is 14.7 Å². The van der Waals surface area contributed by atoms with E-state index in [1.165, 1.54) is 12.1 Å². The molecule has 0 aliphatic rings. The van der Waals surface area contributed by atoms with Crippen LogP contribution in [0.1, 0.15) is 0 Å². The van der Waals surface area contributed by atoms with Crippen molar-refractivity contribution in [2.75, 3.05) is 11.0 Å². The van der Waals surface area contributed by atoms with E-state index >= 15 is 0 Å². The zero-order chi connectivity index (χ0) is 10.1. The second-order valence-corrected chi connectivity index (χ2v) is 5.08. The summed E-state index contributed by atoms with van der Waals surface area (Å²) >= 11 is 2.94. The van der Waals surface area contributed by atoms with E-state index in [0.29, 0.717) is 0 Å². The highest BCUT2D eigenvalue weighted by Crippen LogP contribution is 2.22. The van der Waals surface area contributed by atoms with Crippen LogP contribution in [0.25, 0.3) is 0 Å². The normalized spacial score (nSPS) is 11.3. The fraction of sp³-hybridized carbons (Fsp3) is 0.143. The molecule has 1 rings (SSSR count). The fourth-order valence-corrected chi connectivity index (χ4v) is 1.71. The Bertz CT molecular complexity index is 419. The molecule has 0 radical (unpaired) electrons. The summed E-state index contributed by atoms with van der Waals surface area (Å²) in [5.41, 5.74) is -0.0584. The number of anilines is 1. The smallest absolute Gasteiger partial charge is 0.229 e. The van der Waals surface area contributed by atoms with Gasteiger partial charge in [0.25, 0.3) is 0 Å². The largest absolute Gasteiger partial charge is 0.281 e. The quantitative estimate of drug-likeness (QED) is 0.891. The van der Waals surface area contributed by atoms with Crippen molar-refractivity contribution in [2.45, 2.75) is 0 Å². The molecule has 0 aromatic heterocycles. The Morgan fingerprint density at radius 1 is 1.46 bits per heavy atom. The topological polar surface area (TPSA) is 46.2 Å². The zero-order valence-corrected chi connectivity index (χ0v) is 9.12. The fourth-order valence-electron chi connectivity index (χ4n) is 0.782. The van der Waals surface area contributed by atoms with E-state index in [2.05, 4.69) is 20.7 Å². The number of nitrogens with one attached hydrogen (secondary N) is 1. The summed E-state index contributed by atoms with van der Waals surface area (Å²) < 4.78 is 37.0. The van der Waals surface area contributed by atoms with E-state index < -0.39 is 15.8 Å². The minimum absolute atomic E-state index is 0.0584. The Kier molecular flexibility index (Phi) is 2.92. The lowest BCUT2D eigenvalue weighted by Gasteiger charge is -2.05. The number of halogens is 2. The van der Waals surface area contributed by atoms with Crippen LogP contribution in [0.5, 0.6) is 0 Å². The summed E-state index contributed by atoms with van der Waals surface area (Å²) in [6.45, 7) is 0. The first-order chi connectivity index (χ1) is 5.90. The molecule has 13 heavy (non-hydrogen) atoms. The summed E-state index contributed by atoms with van der Waals surface area (Å²) in [6.07, 6.45) is 0.966. The van der Waals surface area contributed by atoms with Gasteiger partial charge in [0, 0.05) is 0 Å². The van der Waals surface area contributed by atoms with Gasteiger partial charge in [0.2, 0.25) is 10.0 Å². The second kappa shape index (κ2) is 3.63. The van der Waals surface area contributed by atoms with Crippen LogP contribution in [0, 0.1) is 5.82 Å². The lowest BCUT2D eigenvalue weighted by Crippen LogP contribution is -2.10. The Morgan fingerprint density at radius 3 is 2.62 bits per heavy atom. The minimum atomic E-state index is -3.43. The van der Waals surface area contributed by atoms with Crippen LogP contribution in [0.3, 0.4) is 0 Å². The third kappa shape index (κ3) is 2.96. The second-order valence-electron chi connectivity index (χ2n) is 2.48. The van der Waals surface area contributed by atoms with Gasteiger partial charge in [-0.3, -0.25) is 4.72 Å². The molecule has 0 saturated carbocycles. The summed E-state index contributed by atoms with van der Waals surface area (Å²) in [5, 5.41) is 0. The van der Waals surface area contributed by atoms with E-state index in [4.69, 9.17) is 0 Å². The minimum Gasteiger partial charge on any atom is -0.281 e. The molecule has 0 amide bonds. The molecule has 0 bridgehead atoms. The Labute approximate surface area is 84.1 Å². The highest BCUT2D eigenvalue weighted by Gasteiger charge is 2.09. The maximum atomic E-state index is 13.2. The average Bonchev–Trinajstić information content (AvgIpc) is 1.96. The Hall–Kier alpha value is -0.620. The monoisotopic (exact) mass is 267 g/mol. The molecule has 3 nitrogen and oxygen atoms in total. The summed E-state index contributed by atoms with van der Waals surface area (Å²) in [7, 11) is -3.43. The molecule has 1 N–H and O–H groups in total. The number of hydrogen-bond acceptors (Lipinski definition) is 2. The van der Waals surface area contributed by atoms with Crippen molar-refractivity contribution in [1.82, 2.24) is 0 Å². The van der Waals surface area contributed by atoms with Crippen LogP contribution < -0.4 is 4.72 Å². The van der Waals surface area contributed by atoms with Gasteiger partial charge < -0.3 is 0 Å². The van der Waals surface area contributed by atoms with Gasteiger partial charge in [-0.15, -0.1) is 0 Å². The average molecular weight is 268 g/mol. The van der Waals surface area contributed by atoms with Gasteiger partial charge in [0.1, 0.15) is 0 Å². The maximum absolute atomic E-state index is 13.2. The molecule has 0 saturated heterocycles. The van der Waals surface area contributed by atoms with Gasteiger partial charge in [-0.1, -0.05) is 6.07 Å². The third-order valence-electron chi connectivity index (χ3n) is 1.25. The van der Waals surface area contributed by atoms with Crippen molar-refractivity contribution in [1.29, 1.82) is 0 Å². The summed E-state index contributed by atoms with van der Waals surface area (Å²) in [5.74, 6) is -0.618. The van der Waals surface area contributed by atoms with E-state index in [1.807, 2.05) is 0 Å². The SMILES string of the molecule is CS(=O)(=O)Nc1cccc(Br)c1F. The van der Waals surface area contributed by atoms with E-state index in [1.54, 1.807) is 6.07 Å². The van der Waals surface area contributed by atoms with Crippen molar-refractivity contribution in [2.24, 2.45) is 0 Å². The first-order valence-electron chi connectivity index (χ1n) is 3.32. The molecule has 0 unspecified atom stereocenters. The summed E-state index contributed by atoms with van der Waals surface area (Å²) in [6, 6.07) is 4.38. The zero-order valence-electron chi connectivity index (χ0n) is 6.71.